The summed E-state index contributed by atoms with van der Waals surface area (Å²) in [7, 11) is 0. The Kier molecular flexibility index (Phi) is 5.82. The van der Waals surface area contributed by atoms with E-state index in [1.54, 1.807) is 0 Å². The van der Waals surface area contributed by atoms with Gasteiger partial charge in [0.15, 0.2) is 0 Å². The molecule has 0 amide bonds. The summed E-state index contributed by atoms with van der Waals surface area (Å²) in [5, 5.41) is 8.54. The summed E-state index contributed by atoms with van der Waals surface area (Å²) in [5.74, 6) is 2.31. The number of thioether (sulfide) groups is 1. The number of hydrogen-bond acceptors (Lipinski definition) is 3. The molecular formula is C9H18O2S. The van der Waals surface area contributed by atoms with Gasteiger partial charge in [-0.15, -0.1) is 0 Å². The number of rotatable bonds is 6. The molecule has 1 aliphatic rings. The van der Waals surface area contributed by atoms with Gasteiger partial charge in [-0.1, -0.05) is 0 Å². The van der Waals surface area contributed by atoms with Gasteiger partial charge in [0.25, 0.3) is 0 Å². The van der Waals surface area contributed by atoms with Gasteiger partial charge in [-0.3, -0.25) is 0 Å². The Bertz CT molecular complexity index is 103. The molecule has 1 rings (SSSR count). The molecule has 12 heavy (non-hydrogen) atoms. The maximum atomic E-state index is 8.54. The summed E-state index contributed by atoms with van der Waals surface area (Å²) < 4.78 is 5.49. The van der Waals surface area contributed by atoms with Crippen LogP contribution >= 0.6 is 11.8 Å². The Morgan fingerprint density at radius 2 is 2.33 bits per heavy atom. The van der Waals surface area contributed by atoms with E-state index in [2.05, 4.69) is 0 Å². The quantitative estimate of drug-likeness (QED) is 0.646. The van der Waals surface area contributed by atoms with Gasteiger partial charge in [0.2, 0.25) is 0 Å². The first-order valence-corrected chi connectivity index (χ1v) is 5.89. The van der Waals surface area contributed by atoms with E-state index in [-0.39, 0.29) is 0 Å². The van der Waals surface area contributed by atoms with Crippen molar-refractivity contribution in [1.82, 2.24) is 0 Å². The van der Waals surface area contributed by atoms with Crippen LogP contribution in [0.15, 0.2) is 0 Å². The van der Waals surface area contributed by atoms with Gasteiger partial charge in [0.05, 0.1) is 6.10 Å². The Labute approximate surface area is 78.7 Å². The summed E-state index contributed by atoms with van der Waals surface area (Å²) in [5.41, 5.74) is 0. The molecule has 0 bridgehead atoms. The lowest BCUT2D eigenvalue weighted by molar-refractivity contribution is 0.129. The van der Waals surface area contributed by atoms with Gasteiger partial charge in [0, 0.05) is 19.0 Å². The van der Waals surface area contributed by atoms with Crippen LogP contribution in [0.2, 0.25) is 0 Å². The Morgan fingerprint density at radius 3 is 3.00 bits per heavy atom. The van der Waals surface area contributed by atoms with Crippen LogP contribution in [0, 0.1) is 0 Å². The standard InChI is InChI=1S/C9H18O2S/c10-5-1-2-7-12-8-9-4-3-6-11-9/h9-10H,1-8H2. The van der Waals surface area contributed by atoms with E-state index in [9.17, 15) is 0 Å². The molecule has 0 aromatic heterocycles. The molecule has 1 aliphatic heterocycles. The lowest BCUT2D eigenvalue weighted by atomic mass is 10.3. The van der Waals surface area contributed by atoms with E-state index in [4.69, 9.17) is 9.84 Å². The average Bonchev–Trinajstić information content (AvgIpc) is 2.57. The highest BCUT2D eigenvalue weighted by molar-refractivity contribution is 7.99. The molecule has 0 radical (unpaired) electrons. The first-order valence-electron chi connectivity index (χ1n) is 4.73. The fraction of sp³-hybridized carbons (Fsp3) is 1.00. The van der Waals surface area contributed by atoms with Crippen LogP contribution in [-0.2, 0) is 4.74 Å². The maximum Gasteiger partial charge on any atom is 0.0666 e. The third-order valence-electron chi connectivity index (χ3n) is 2.02. The zero-order chi connectivity index (χ0) is 8.65. The molecule has 0 aromatic carbocycles. The third-order valence-corrected chi connectivity index (χ3v) is 3.21. The van der Waals surface area contributed by atoms with Crippen LogP contribution in [0.3, 0.4) is 0 Å². The largest absolute Gasteiger partial charge is 0.396 e. The van der Waals surface area contributed by atoms with E-state index in [1.807, 2.05) is 11.8 Å². The lowest BCUT2D eigenvalue weighted by Gasteiger charge is -2.07. The van der Waals surface area contributed by atoms with Crippen LogP contribution in [0.5, 0.6) is 0 Å². The van der Waals surface area contributed by atoms with Crippen molar-refractivity contribution >= 4 is 11.8 Å². The van der Waals surface area contributed by atoms with E-state index in [0.29, 0.717) is 12.7 Å². The molecule has 1 atom stereocenters. The highest BCUT2D eigenvalue weighted by atomic mass is 32.2. The number of ether oxygens (including phenoxy) is 1. The maximum absolute atomic E-state index is 8.54. The molecule has 3 heteroatoms. The number of aliphatic hydroxyl groups excluding tert-OH is 1. The van der Waals surface area contributed by atoms with E-state index in [1.165, 1.54) is 18.6 Å². The van der Waals surface area contributed by atoms with E-state index >= 15 is 0 Å². The van der Waals surface area contributed by atoms with Crippen LogP contribution in [0.25, 0.3) is 0 Å². The van der Waals surface area contributed by atoms with Crippen molar-refractivity contribution in [3.8, 4) is 0 Å². The van der Waals surface area contributed by atoms with E-state index < -0.39 is 0 Å². The molecule has 0 saturated carbocycles. The van der Waals surface area contributed by atoms with Gasteiger partial charge in [-0.2, -0.15) is 11.8 Å². The lowest BCUT2D eigenvalue weighted by Crippen LogP contribution is -2.08. The highest BCUT2D eigenvalue weighted by Gasteiger charge is 2.14. The molecule has 1 saturated heterocycles. The van der Waals surface area contributed by atoms with Gasteiger partial charge >= 0.3 is 0 Å². The van der Waals surface area contributed by atoms with Crippen molar-refractivity contribution in [2.24, 2.45) is 0 Å². The predicted octanol–water partition coefficient (Wildman–Crippen LogP) is 1.67. The topological polar surface area (TPSA) is 29.5 Å². The fourth-order valence-electron chi connectivity index (χ4n) is 1.31. The Morgan fingerprint density at radius 1 is 1.42 bits per heavy atom. The number of hydrogen-bond donors (Lipinski definition) is 1. The first kappa shape index (κ1) is 10.4. The summed E-state index contributed by atoms with van der Waals surface area (Å²) in [6.07, 6.45) is 5.07. The zero-order valence-corrected chi connectivity index (χ0v) is 8.31. The minimum atomic E-state index is 0.334. The van der Waals surface area contributed by atoms with Crippen molar-refractivity contribution in [2.75, 3.05) is 24.7 Å². The molecule has 0 aliphatic carbocycles. The highest BCUT2D eigenvalue weighted by Crippen LogP contribution is 2.17. The minimum Gasteiger partial charge on any atom is -0.396 e. The minimum absolute atomic E-state index is 0.334. The monoisotopic (exact) mass is 190 g/mol. The molecule has 1 N–H and O–H groups in total. The number of unbranched alkanes of at least 4 members (excludes halogenated alkanes) is 1. The molecular weight excluding hydrogens is 172 g/mol. The number of aliphatic hydroxyl groups is 1. The molecule has 1 unspecified atom stereocenters. The molecule has 2 nitrogen and oxygen atoms in total. The Hall–Kier alpha value is 0.270. The smallest absolute Gasteiger partial charge is 0.0666 e. The third kappa shape index (κ3) is 4.33. The molecule has 1 heterocycles. The van der Waals surface area contributed by atoms with Gasteiger partial charge in [0.1, 0.15) is 0 Å². The second-order valence-corrected chi connectivity index (χ2v) is 4.29. The van der Waals surface area contributed by atoms with Crippen LogP contribution in [0.1, 0.15) is 25.7 Å². The van der Waals surface area contributed by atoms with Crippen LogP contribution < -0.4 is 0 Å². The van der Waals surface area contributed by atoms with Crippen molar-refractivity contribution in [2.45, 2.75) is 31.8 Å². The summed E-state index contributed by atoms with van der Waals surface area (Å²) in [4.78, 5) is 0. The molecule has 72 valence electrons. The normalized spacial score (nSPS) is 23.2. The summed E-state index contributed by atoms with van der Waals surface area (Å²) in [6, 6.07) is 0. The van der Waals surface area contributed by atoms with Crippen LogP contribution in [0.4, 0.5) is 0 Å². The SMILES string of the molecule is OCCCCSCC1CCCO1. The van der Waals surface area contributed by atoms with Crippen molar-refractivity contribution < 1.29 is 9.84 Å². The first-order chi connectivity index (χ1) is 5.93. The fourth-order valence-corrected chi connectivity index (χ4v) is 2.41. The second-order valence-electron chi connectivity index (χ2n) is 3.14. The summed E-state index contributed by atoms with van der Waals surface area (Å²) in [6.45, 7) is 1.29. The predicted molar refractivity (Wildman–Crippen MR) is 52.6 cm³/mol. The van der Waals surface area contributed by atoms with Gasteiger partial charge < -0.3 is 9.84 Å². The van der Waals surface area contributed by atoms with Gasteiger partial charge in [-0.05, 0) is 31.4 Å². The van der Waals surface area contributed by atoms with Crippen LogP contribution in [-0.4, -0.2) is 35.9 Å². The summed E-state index contributed by atoms with van der Waals surface area (Å²) >= 11 is 1.95. The van der Waals surface area contributed by atoms with Crippen molar-refractivity contribution in [1.29, 1.82) is 0 Å². The molecule has 1 fully saturated rings. The van der Waals surface area contributed by atoms with Gasteiger partial charge in [-0.25, -0.2) is 0 Å². The zero-order valence-electron chi connectivity index (χ0n) is 7.50. The van der Waals surface area contributed by atoms with Crippen molar-refractivity contribution in [3.63, 3.8) is 0 Å². The van der Waals surface area contributed by atoms with E-state index in [0.717, 1.165) is 25.2 Å². The molecule has 0 aromatic rings. The molecule has 0 spiro atoms. The Balaban J connectivity index is 1.81. The van der Waals surface area contributed by atoms with Crippen molar-refractivity contribution in [3.05, 3.63) is 0 Å². The second kappa shape index (κ2) is 6.75. The average molecular weight is 190 g/mol.